The lowest BCUT2D eigenvalue weighted by molar-refractivity contribution is -0.116. The Kier molecular flexibility index (Phi) is 7.42. The van der Waals surface area contributed by atoms with Gasteiger partial charge in [-0.15, -0.1) is 10.2 Å². The van der Waals surface area contributed by atoms with Gasteiger partial charge in [0.25, 0.3) is 5.56 Å². The first-order chi connectivity index (χ1) is 15.3. The van der Waals surface area contributed by atoms with Crippen LogP contribution in [0.2, 0.25) is 0 Å². The molecule has 0 saturated carbocycles. The molecule has 1 heterocycles. The Morgan fingerprint density at radius 2 is 1.81 bits per heavy atom. The third-order valence-corrected chi connectivity index (χ3v) is 5.74. The highest BCUT2D eigenvalue weighted by molar-refractivity contribution is 8.00. The number of carbonyl (C=O) groups excluding carboxylic acids is 2. The number of nitrogens with zero attached hydrogens (tertiary/aromatic N) is 2. The van der Waals surface area contributed by atoms with Crippen molar-refractivity contribution in [2.45, 2.75) is 44.5 Å². The zero-order valence-electron chi connectivity index (χ0n) is 18.4. The van der Waals surface area contributed by atoms with E-state index < -0.39 is 10.8 Å². The van der Waals surface area contributed by atoms with Crippen LogP contribution < -0.4 is 16.2 Å². The number of H-pyrrole nitrogens is 1. The molecule has 2 amide bonds. The SMILES string of the molecule is CCC(=O)Nc1ccc(C)cc1-c1nnc(SC(C)C(=O)Nc2ccccc2C)[nH]c1=O. The Morgan fingerprint density at radius 1 is 1.06 bits per heavy atom. The molecule has 0 fully saturated rings. The summed E-state index contributed by atoms with van der Waals surface area (Å²) < 4.78 is 0. The second-order valence-electron chi connectivity index (χ2n) is 7.32. The Balaban J connectivity index is 1.79. The van der Waals surface area contributed by atoms with Crippen LogP contribution in [0.1, 0.15) is 31.4 Å². The molecule has 166 valence electrons. The summed E-state index contributed by atoms with van der Waals surface area (Å²) in [5.41, 5.74) is 3.24. The van der Waals surface area contributed by atoms with Gasteiger partial charge in [0, 0.05) is 17.7 Å². The number of anilines is 2. The highest BCUT2D eigenvalue weighted by Crippen LogP contribution is 2.26. The molecule has 0 aliphatic rings. The lowest BCUT2D eigenvalue weighted by atomic mass is 10.1. The number of para-hydroxylation sites is 1. The summed E-state index contributed by atoms with van der Waals surface area (Å²) in [5.74, 6) is -0.376. The summed E-state index contributed by atoms with van der Waals surface area (Å²) in [7, 11) is 0. The first kappa shape index (κ1) is 23.2. The Bertz CT molecular complexity index is 1210. The van der Waals surface area contributed by atoms with Crippen molar-refractivity contribution >= 4 is 35.0 Å². The molecule has 0 aliphatic carbocycles. The predicted molar refractivity (Wildman–Crippen MR) is 127 cm³/mol. The average Bonchev–Trinajstić information content (AvgIpc) is 2.76. The number of benzene rings is 2. The molecule has 0 saturated heterocycles. The van der Waals surface area contributed by atoms with Crippen LogP contribution in [0.4, 0.5) is 11.4 Å². The summed E-state index contributed by atoms with van der Waals surface area (Å²) in [6, 6.07) is 12.9. The molecule has 0 aliphatic heterocycles. The fraction of sp³-hybridized carbons (Fsp3) is 0.261. The van der Waals surface area contributed by atoms with E-state index in [0.717, 1.165) is 28.6 Å². The number of carbonyl (C=O) groups is 2. The summed E-state index contributed by atoms with van der Waals surface area (Å²) in [6.45, 7) is 7.27. The molecule has 2 aromatic carbocycles. The molecule has 3 N–H and O–H groups in total. The maximum atomic E-state index is 12.8. The van der Waals surface area contributed by atoms with Gasteiger partial charge in [0.1, 0.15) is 0 Å². The van der Waals surface area contributed by atoms with Crippen LogP contribution in [0.25, 0.3) is 11.3 Å². The number of rotatable bonds is 7. The minimum Gasteiger partial charge on any atom is -0.325 e. The van der Waals surface area contributed by atoms with Gasteiger partial charge in [-0.05, 0) is 44.5 Å². The van der Waals surface area contributed by atoms with Gasteiger partial charge in [-0.2, -0.15) is 0 Å². The Morgan fingerprint density at radius 3 is 2.50 bits per heavy atom. The van der Waals surface area contributed by atoms with E-state index in [0.29, 0.717) is 17.7 Å². The maximum absolute atomic E-state index is 12.8. The monoisotopic (exact) mass is 451 g/mol. The molecule has 32 heavy (non-hydrogen) atoms. The number of hydrogen-bond donors (Lipinski definition) is 3. The number of aromatic nitrogens is 3. The number of amides is 2. The predicted octanol–water partition coefficient (Wildman–Crippen LogP) is 3.92. The van der Waals surface area contributed by atoms with Gasteiger partial charge in [-0.1, -0.05) is 48.5 Å². The zero-order chi connectivity index (χ0) is 23.3. The van der Waals surface area contributed by atoms with E-state index in [1.807, 2.05) is 44.2 Å². The van der Waals surface area contributed by atoms with Gasteiger partial charge in [-0.25, -0.2) is 0 Å². The number of thioether (sulfide) groups is 1. The molecule has 8 nitrogen and oxygen atoms in total. The first-order valence-electron chi connectivity index (χ1n) is 10.2. The highest BCUT2D eigenvalue weighted by atomic mass is 32.2. The van der Waals surface area contributed by atoms with Crippen LogP contribution in [-0.4, -0.2) is 32.2 Å². The lowest BCUT2D eigenvalue weighted by Gasteiger charge is -2.13. The molecule has 1 aromatic heterocycles. The van der Waals surface area contributed by atoms with E-state index in [1.165, 1.54) is 0 Å². The van der Waals surface area contributed by atoms with Crippen LogP contribution >= 0.6 is 11.8 Å². The Labute approximate surface area is 190 Å². The van der Waals surface area contributed by atoms with Gasteiger partial charge in [0.15, 0.2) is 10.9 Å². The van der Waals surface area contributed by atoms with Gasteiger partial charge in [-0.3, -0.25) is 19.4 Å². The number of aromatic amines is 1. The summed E-state index contributed by atoms with van der Waals surface area (Å²) >= 11 is 1.11. The standard InChI is InChI=1S/C23H25N5O3S/c1-5-19(29)24-18-11-10-13(2)12-16(18)20-22(31)26-23(28-27-20)32-15(4)21(30)25-17-9-7-6-8-14(17)3/h6-12,15H,5H2,1-4H3,(H,24,29)(H,25,30)(H,26,28,31). The quantitative estimate of drug-likeness (QED) is 0.469. The molecule has 0 spiro atoms. The summed E-state index contributed by atoms with van der Waals surface area (Å²) in [4.78, 5) is 39.8. The smallest absolute Gasteiger partial charge is 0.278 e. The number of aryl methyl sites for hydroxylation is 2. The van der Waals surface area contributed by atoms with Crippen LogP contribution in [0.3, 0.4) is 0 Å². The molecule has 0 bridgehead atoms. The zero-order valence-corrected chi connectivity index (χ0v) is 19.2. The molecule has 0 radical (unpaired) electrons. The van der Waals surface area contributed by atoms with E-state index in [9.17, 15) is 14.4 Å². The van der Waals surface area contributed by atoms with Crippen LogP contribution in [0.15, 0.2) is 52.4 Å². The van der Waals surface area contributed by atoms with Gasteiger partial charge < -0.3 is 10.6 Å². The maximum Gasteiger partial charge on any atom is 0.278 e. The summed E-state index contributed by atoms with van der Waals surface area (Å²) in [5, 5.41) is 13.6. The van der Waals surface area contributed by atoms with Crippen molar-refractivity contribution < 1.29 is 9.59 Å². The fourth-order valence-corrected chi connectivity index (χ4v) is 3.66. The van der Waals surface area contributed by atoms with E-state index in [-0.39, 0.29) is 22.7 Å². The Hall–Kier alpha value is -3.46. The third-order valence-electron chi connectivity index (χ3n) is 4.76. The van der Waals surface area contributed by atoms with Crippen molar-refractivity contribution in [3.8, 4) is 11.3 Å². The van der Waals surface area contributed by atoms with Crippen LogP contribution in [-0.2, 0) is 9.59 Å². The second kappa shape index (κ2) is 10.2. The van der Waals surface area contributed by atoms with Gasteiger partial charge in [0.05, 0.1) is 10.9 Å². The van der Waals surface area contributed by atoms with Crippen LogP contribution in [0, 0.1) is 13.8 Å². The molecule has 9 heteroatoms. The van der Waals surface area contributed by atoms with Crippen molar-refractivity contribution in [1.29, 1.82) is 0 Å². The normalized spacial score (nSPS) is 11.6. The van der Waals surface area contributed by atoms with Crippen molar-refractivity contribution in [2.75, 3.05) is 10.6 Å². The molecule has 3 aromatic rings. The van der Waals surface area contributed by atoms with E-state index in [1.54, 1.807) is 26.0 Å². The van der Waals surface area contributed by atoms with Crippen molar-refractivity contribution in [1.82, 2.24) is 15.2 Å². The van der Waals surface area contributed by atoms with Crippen LogP contribution in [0.5, 0.6) is 0 Å². The van der Waals surface area contributed by atoms with E-state index >= 15 is 0 Å². The average molecular weight is 452 g/mol. The molecule has 1 unspecified atom stereocenters. The van der Waals surface area contributed by atoms with E-state index in [2.05, 4.69) is 25.8 Å². The summed E-state index contributed by atoms with van der Waals surface area (Å²) in [6.07, 6.45) is 0.313. The minimum atomic E-state index is -0.510. The lowest BCUT2D eigenvalue weighted by Crippen LogP contribution is -2.24. The molecule has 1 atom stereocenters. The molecule has 3 rings (SSSR count). The van der Waals surface area contributed by atoms with Crippen molar-refractivity contribution in [2.24, 2.45) is 0 Å². The molecular weight excluding hydrogens is 426 g/mol. The first-order valence-corrected chi connectivity index (χ1v) is 11.1. The fourth-order valence-electron chi connectivity index (χ4n) is 2.92. The topological polar surface area (TPSA) is 117 Å². The minimum absolute atomic E-state index is 0.0986. The van der Waals surface area contributed by atoms with Gasteiger partial charge >= 0.3 is 0 Å². The molecular formula is C23H25N5O3S. The second-order valence-corrected chi connectivity index (χ2v) is 8.65. The third kappa shape index (κ3) is 5.61. The van der Waals surface area contributed by atoms with Crippen molar-refractivity contribution in [3.63, 3.8) is 0 Å². The largest absolute Gasteiger partial charge is 0.325 e. The number of hydrogen-bond acceptors (Lipinski definition) is 6. The van der Waals surface area contributed by atoms with E-state index in [4.69, 9.17) is 0 Å². The highest BCUT2D eigenvalue weighted by Gasteiger charge is 2.19. The van der Waals surface area contributed by atoms with Gasteiger partial charge in [0.2, 0.25) is 11.8 Å². The van der Waals surface area contributed by atoms with Crippen molar-refractivity contribution in [3.05, 3.63) is 63.9 Å². The number of nitrogens with one attached hydrogen (secondary N) is 3.